The number of nitrogen functional groups attached to an aromatic ring is 1. The summed E-state index contributed by atoms with van der Waals surface area (Å²) in [4.78, 5) is 6.73. The van der Waals surface area contributed by atoms with Crippen molar-refractivity contribution >= 4 is 22.8 Å². The van der Waals surface area contributed by atoms with Crippen LogP contribution >= 0.6 is 0 Å². The van der Waals surface area contributed by atoms with Crippen LogP contribution in [0.15, 0.2) is 52.9 Å². The van der Waals surface area contributed by atoms with Gasteiger partial charge in [0, 0.05) is 24.8 Å². The fourth-order valence-corrected chi connectivity index (χ4v) is 2.38. The van der Waals surface area contributed by atoms with Crippen LogP contribution in [0.4, 0.5) is 11.7 Å². The van der Waals surface area contributed by atoms with E-state index in [1.807, 2.05) is 36.4 Å². The van der Waals surface area contributed by atoms with E-state index in [4.69, 9.17) is 10.2 Å². The van der Waals surface area contributed by atoms with E-state index in [9.17, 15) is 0 Å². The molecule has 0 amide bonds. The first-order chi connectivity index (χ1) is 10.3. The Bertz CT molecular complexity index is 721. The lowest BCUT2D eigenvalue weighted by molar-refractivity contribution is 0.562. The van der Waals surface area contributed by atoms with Crippen molar-refractivity contribution in [2.75, 3.05) is 17.2 Å². The highest BCUT2D eigenvalue weighted by atomic mass is 16.4. The van der Waals surface area contributed by atoms with Gasteiger partial charge in [-0.25, -0.2) is 0 Å². The van der Waals surface area contributed by atoms with Gasteiger partial charge in [0.15, 0.2) is 5.58 Å². The van der Waals surface area contributed by atoms with Crippen molar-refractivity contribution in [2.24, 2.45) is 0 Å². The fraction of sp³-hybridized carbons (Fsp3) is 0.235. The second kappa shape index (κ2) is 5.87. The number of benzene rings is 2. The number of hydrogen-bond acceptors (Lipinski definition) is 4. The van der Waals surface area contributed by atoms with Gasteiger partial charge < -0.3 is 15.1 Å². The molecule has 0 aliphatic heterocycles. The fourth-order valence-electron chi connectivity index (χ4n) is 2.38. The Morgan fingerprint density at radius 2 is 1.95 bits per heavy atom. The third-order valence-electron chi connectivity index (χ3n) is 3.38. The van der Waals surface area contributed by atoms with Gasteiger partial charge in [-0.05, 0) is 24.1 Å². The average molecular weight is 281 g/mol. The molecule has 2 N–H and O–H groups in total. The van der Waals surface area contributed by atoms with E-state index < -0.39 is 0 Å². The van der Waals surface area contributed by atoms with Gasteiger partial charge in [-0.2, -0.15) is 4.98 Å². The maximum Gasteiger partial charge on any atom is 0.298 e. The molecule has 0 saturated heterocycles. The normalized spacial score (nSPS) is 10.9. The van der Waals surface area contributed by atoms with Gasteiger partial charge in [0.1, 0.15) is 5.52 Å². The van der Waals surface area contributed by atoms with Gasteiger partial charge in [-0.3, -0.25) is 0 Å². The van der Waals surface area contributed by atoms with E-state index in [1.54, 1.807) is 0 Å². The molecule has 3 aromatic rings. The number of fused-ring (bicyclic) bond motifs is 1. The topological polar surface area (TPSA) is 55.3 Å². The van der Waals surface area contributed by atoms with Crippen molar-refractivity contribution in [1.29, 1.82) is 0 Å². The summed E-state index contributed by atoms with van der Waals surface area (Å²) in [5.74, 6) is 0. The zero-order chi connectivity index (χ0) is 14.7. The highest BCUT2D eigenvalue weighted by molar-refractivity contribution is 5.78. The molecule has 0 fully saturated rings. The molecule has 1 aromatic heterocycles. The predicted octanol–water partition coefficient (Wildman–Crippen LogP) is 3.83. The molecule has 0 saturated carbocycles. The second-order valence-electron chi connectivity index (χ2n) is 5.13. The number of oxazole rings is 1. The van der Waals surface area contributed by atoms with E-state index in [2.05, 4.69) is 28.9 Å². The molecule has 21 heavy (non-hydrogen) atoms. The van der Waals surface area contributed by atoms with E-state index in [-0.39, 0.29) is 0 Å². The summed E-state index contributed by atoms with van der Waals surface area (Å²) in [7, 11) is 0. The summed E-state index contributed by atoms with van der Waals surface area (Å²) < 4.78 is 5.87. The van der Waals surface area contributed by atoms with Crippen molar-refractivity contribution in [3.8, 4) is 0 Å². The van der Waals surface area contributed by atoms with Crippen LogP contribution in [-0.2, 0) is 6.54 Å². The number of anilines is 2. The van der Waals surface area contributed by atoms with Gasteiger partial charge in [0.05, 0.1) is 0 Å². The largest absolute Gasteiger partial charge is 0.423 e. The van der Waals surface area contributed by atoms with E-state index in [0.29, 0.717) is 11.7 Å². The summed E-state index contributed by atoms with van der Waals surface area (Å²) in [5, 5.41) is 0. The maximum atomic E-state index is 5.87. The Kier molecular flexibility index (Phi) is 3.77. The minimum Gasteiger partial charge on any atom is -0.423 e. The van der Waals surface area contributed by atoms with Crippen molar-refractivity contribution in [3.05, 3.63) is 54.1 Å². The van der Waals surface area contributed by atoms with Crippen molar-refractivity contribution in [3.63, 3.8) is 0 Å². The summed E-state index contributed by atoms with van der Waals surface area (Å²) in [5.41, 5.74) is 9.30. The van der Waals surface area contributed by atoms with E-state index in [0.717, 1.165) is 30.6 Å². The third-order valence-corrected chi connectivity index (χ3v) is 3.38. The van der Waals surface area contributed by atoms with Crippen LogP contribution < -0.4 is 10.6 Å². The predicted molar refractivity (Wildman–Crippen MR) is 86.2 cm³/mol. The zero-order valence-electron chi connectivity index (χ0n) is 12.1. The van der Waals surface area contributed by atoms with Crippen LogP contribution in [0.5, 0.6) is 0 Å². The molecule has 0 radical (unpaired) electrons. The molecule has 0 atom stereocenters. The first-order valence-electron chi connectivity index (χ1n) is 7.21. The molecule has 0 bridgehead atoms. The Labute approximate surface area is 124 Å². The molecule has 4 heteroatoms. The minimum atomic E-state index is 0.654. The Balaban J connectivity index is 1.91. The Hall–Kier alpha value is -2.49. The molecule has 0 aliphatic carbocycles. The maximum absolute atomic E-state index is 5.87. The minimum absolute atomic E-state index is 0.654. The zero-order valence-corrected chi connectivity index (χ0v) is 12.1. The smallest absolute Gasteiger partial charge is 0.298 e. The molecule has 108 valence electrons. The first-order valence-corrected chi connectivity index (χ1v) is 7.21. The van der Waals surface area contributed by atoms with Gasteiger partial charge in [-0.1, -0.05) is 37.3 Å². The number of hydrogen-bond donors (Lipinski definition) is 1. The summed E-state index contributed by atoms with van der Waals surface area (Å²) >= 11 is 0. The second-order valence-corrected chi connectivity index (χ2v) is 5.13. The molecular weight excluding hydrogens is 262 g/mol. The lowest BCUT2D eigenvalue weighted by Gasteiger charge is -2.19. The van der Waals surface area contributed by atoms with E-state index >= 15 is 0 Å². The lowest BCUT2D eigenvalue weighted by Crippen LogP contribution is -2.23. The number of rotatable bonds is 5. The lowest BCUT2D eigenvalue weighted by atomic mass is 10.2. The van der Waals surface area contributed by atoms with Crippen LogP contribution in [0.1, 0.15) is 18.9 Å². The number of nitrogens with two attached hydrogens (primary N) is 1. The highest BCUT2D eigenvalue weighted by Gasteiger charge is 2.14. The monoisotopic (exact) mass is 281 g/mol. The van der Waals surface area contributed by atoms with Gasteiger partial charge >= 0.3 is 0 Å². The van der Waals surface area contributed by atoms with Gasteiger partial charge in [0.2, 0.25) is 0 Å². The molecular formula is C17H19N3O. The summed E-state index contributed by atoms with van der Waals surface area (Å²) in [6, 6.07) is 16.6. The van der Waals surface area contributed by atoms with Crippen molar-refractivity contribution in [1.82, 2.24) is 4.98 Å². The summed E-state index contributed by atoms with van der Waals surface area (Å²) in [6.07, 6.45) is 1.04. The number of nitrogens with zero attached hydrogens (tertiary/aromatic N) is 2. The highest BCUT2D eigenvalue weighted by Crippen LogP contribution is 2.25. The number of aromatic nitrogens is 1. The quantitative estimate of drug-likeness (QED) is 0.722. The van der Waals surface area contributed by atoms with Crippen LogP contribution in [0.2, 0.25) is 0 Å². The molecule has 0 aliphatic rings. The van der Waals surface area contributed by atoms with Crippen LogP contribution in [-0.4, -0.2) is 11.5 Å². The average Bonchev–Trinajstić information content (AvgIpc) is 2.91. The molecule has 0 unspecified atom stereocenters. The first kappa shape index (κ1) is 13.5. The molecule has 2 aromatic carbocycles. The van der Waals surface area contributed by atoms with Crippen LogP contribution in [0, 0.1) is 0 Å². The van der Waals surface area contributed by atoms with Crippen LogP contribution in [0.25, 0.3) is 11.1 Å². The standard InChI is InChI=1S/C17H19N3O/c1-2-10-20(12-13-6-4-3-5-7-13)17-19-15-9-8-14(18)11-16(15)21-17/h3-9,11H,2,10,12,18H2,1H3. The molecule has 4 nitrogen and oxygen atoms in total. The van der Waals surface area contributed by atoms with E-state index in [1.165, 1.54) is 5.56 Å². The van der Waals surface area contributed by atoms with Gasteiger partial charge in [-0.15, -0.1) is 0 Å². The third kappa shape index (κ3) is 2.99. The van der Waals surface area contributed by atoms with Crippen LogP contribution in [0.3, 0.4) is 0 Å². The van der Waals surface area contributed by atoms with Gasteiger partial charge in [0.25, 0.3) is 6.01 Å². The van der Waals surface area contributed by atoms with Crippen molar-refractivity contribution in [2.45, 2.75) is 19.9 Å². The molecule has 0 spiro atoms. The molecule has 1 heterocycles. The Morgan fingerprint density at radius 3 is 2.71 bits per heavy atom. The summed E-state index contributed by atoms with van der Waals surface area (Å²) in [6.45, 7) is 3.84. The molecule has 3 rings (SSSR count). The SMILES string of the molecule is CCCN(Cc1ccccc1)c1nc2ccc(N)cc2o1. The Morgan fingerprint density at radius 1 is 1.14 bits per heavy atom. The van der Waals surface area contributed by atoms with Crippen molar-refractivity contribution < 1.29 is 4.42 Å².